The lowest BCUT2D eigenvalue weighted by molar-refractivity contribution is 1.17. The van der Waals surface area contributed by atoms with Crippen molar-refractivity contribution in [3.8, 4) is 67.3 Å². The van der Waals surface area contributed by atoms with Crippen LogP contribution in [0.5, 0.6) is 0 Å². The molecule has 0 bridgehead atoms. The van der Waals surface area contributed by atoms with Crippen molar-refractivity contribution >= 4 is 87.2 Å². The molecule has 0 aliphatic rings. The summed E-state index contributed by atoms with van der Waals surface area (Å²) in [6, 6.07) is 139. The molecule has 4 heteroatoms. The molecule has 20 rings (SSSR count). The van der Waals surface area contributed by atoms with Crippen LogP contribution in [0.15, 0.2) is 388 Å². The lowest BCUT2D eigenvalue weighted by atomic mass is 9.98. The highest BCUT2D eigenvalue weighted by Crippen LogP contribution is 2.42. The van der Waals surface area contributed by atoms with E-state index in [1.165, 1.54) is 177 Å². The largest absolute Gasteiger partial charge is 0.309 e. The van der Waals surface area contributed by atoms with Crippen LogP contribution in [0.3, 0.4) is 0 Å². The molecule has 0 saturated carbocycles. The molecule has 16 aromatic carbocycles. The Kier molecular flexibility index (Phi) is 17.3. The summed E-state index contributed by atoms with van der Waals surface area (Å²) in [6.07, 6.45) is 0. The van der Waals surface area contributed by atoms with Gasteiger partial charge in [-0.2, -0.15) is 0 Å². The van der Waals surface area contributed by atoms with Gasteiger partial charge in [0.2, 0.25) is 0 Å². The molecule has 4 nitrogen and oxygen atoms in total. The quantitative estimate of drug-likeness (QED) is 0.144. The Bertz CT molecular complexity index is 6410. The van der Waals surface area contributed by atoms with E-state index in [1.54, 1.807) is 0 Å². The SMILES string of the molecule is Cc1ccc2c(c1)c1cc(-c3ccccc3)ccc1n2-c1ccccc1.Cc1ccc2c3cc(-c4ccccc4)ccc3n(-c3ccccc3)c2c1.Cc1cccc2c3cc(-c4ccccc4)ccc3n(-c3ccccc3)c12.Cc1ccccc1-c1cccc2c3ccccc3n(-c3ccccc3)c12. The molecule has 0 fully saturated rings. The van der Waals surface area contributed by atoms with Crippen molar-refractivity contribution in [2.45, 2.75) is 27.7 Å². The van der Waals surface area contributed by atoms with Gasteiger partial charge in [-0.1, -0.05) is 285 Å². The fourth-order valence-electron chi connectivity index (χ4n) is 15.5. The van der Waals surface area contributed by atoms with Gasteiger partial charge in [-0.3, -0.25) is 0 Å². The van der Waals surface area contributed by atoms with Gasteiger partial charge in [0.05, 0.1) is 44.1 Å². The van der Waals surface area contributed by atoms with Crippen LogP contribution in [0.2, 0.25) is 0 Å². The van der Waals surface area contributed by atoms with E-state index >= 15 is 0 Å². The average Bonchev–Trinajstić information content (AvgIpc) is 1.61. The summed E-state index contributed by atoms with van der Waals surface area (Å²) in [5.41, 5.74) is 30.1. The average molecular weight is 1330 g/mol. The Balaban J connectivity index is 0.000000103. The lowest BCUT2D eigenvalue weighted by Gasteiger charge is -2.13. The number of para-hydroxylation sites is 7. The number of hydrogen-bond donors (Lipinski definition) is 0. The second kappa shape index (κ2) is 28.0. The summed E-state index contributed by atoms with van der Waals surface area (Å²) in [4.78, 5) is 0. The molecule has 0 radical (unpaired) electrons. The van der Waals surface area contributed by atoms with Crippen LogP contribution in [0.25, 0.3) is 154 Å². The van der Waals surface area contributed by atoms with Crippen LogP contribution in [-0.2, 0) is 0 Å². The third kappa shape index (κ3) is 12.1. The molecule has 0 N–H and O–H groups in total. The molecule has 496 valence electrons. The van der Waals surface area contributed by atoms with Gasteiger partial charge in [-0.25, -0.2) is 0 Å². The van der Waals surface area contributed by atoms with Crippen molar-refractivity contribution in [3.05, 3.63) is 411 Å². The van der Waals surface area contributed by atoms with E-state index < -0.39 is 0 Å². The summed E-state index contributed by atoms with van der Waals surface area (Å²) < 4.78 is 9.51. The molecule has 4 heterocycles. The van der Waals surface area contributed by atoms with E-state index in [1.807, 2.05) is 0 Å². The second-order valence-corrected chi connectivity index (χ2v) is 27.0. The molecule has 0 aliphatic heterocycles. The van der Waals surface area contributed by atoms with Gasteiger partial charge in [0, 0.05) is 71.4 Å². The third-order valence-corrected chi connectivity index (χ3v) is 20.3. The van der Waals surface area contributed by atoms with Crippen molar-refractivity contribution < 1.29 is 0 Å². The van der Waals surface area contributed by atoms with Crippen molar-refractivity contribution in [3.63, 3.8) is 0 Å². The number of aryl methyl sites for hydroxylation is 4. The van der Waals surface area contributed by atoms with Crippen LogP contribution < -0.4 is 0 Å². The van der Waals surface area contributed by atoms with Crippen molar-refractivity contribution in [1.29, 1.82) is 0 Å². The fraction of sp³-hybridized carbons (Fsp3) is 0.0400. The highest BCUT2D eigenvalue weighted by atomic mass is 15.0. The minimum absolute atomic E-state index is 1.19. The summed E-state index contributed by atoms with van der Waals surface area (Å²) in [6.45, 7) is 8.69. The Hall–Kier alpha value is -13.3. The maximum Gasteiger partial charge on any atom is 0.0619 e. The molecule has 20 aromatic rings. The van der Waals surface area contributed by atoms with Gasteiger partial charge in [0.15, 0.2) is 0 Å². The van der Waals surface area contributed by atoms with Gasteiger partial charge >= 0.3 is 0 Å². The van der Waals surface area contributed by atoms with Crippen LogP contribution in [0, 0.1) is 27.7 Å². The standard InChI is InChI=1S/4C25H19N/c1-18-9-8-14-22-23-17-20(19-10-4-2-5-11-19)15-16-24(23)26(25(18)22)21-12-6-3-7-13-21;1-18-12-14-24-22(16-18)23-17-20(19-8-4-2-5-9-19)13-15-25(23)26(24)21-10-6-3-7-11-21;1-18-12-14-22-23-17-20(19-8-4-2-5-9-19)13-15-24(23)26(25(22)16-18)21-10-6-3-7-11-21;1-18-10-5-6-13-20(18)22-15-9-16-23-21-14-7-8-17-24(21)26(25(22)23)19-11-3-2-4-12-19/h4*2-17H,1H3. The topological polar surface area (TPSA) is 19.7 Å². The number of rotatable bonds is 8. The van der Waals surface area contributed by atoms with Crippen LogP contribution >= 0.6 is 0 Å². The molecule has 0 aliphatic carbocycles. The Labute approximate surface area is 607 Å². The van der Waals surface area contributed by atoms with E-state index in [9.17, 15) is 0 Å². The molecule has 0 saturated heterocycles. The number of nitrogens with zero attached hydrogens (tertiary/aromatic N) is 4. The zero-order chi connectivity index (χ0) is 70.0. The number of aromatic nitrogens is 4. The van der Waals surface area contributed by atoms with E-state index in [-0.39, 0.29) is 0 Å². The number of fused-ring (bicyclic) bond motifs is 12. The normalized spacial score (nSPS) is 11.3. The summed E-state index contributed by atoms with van der Waals surface area (Å²) >= 11 is 0. The zero-order valence-electron chi connectivity index (χ0n) is 58.7. The van der Waals surface area contributed by atoms with Gasteiger partial charge in [-0.15, -0.1) is 0 Å². The minimum Gasteiger partial charge on any atom is -0.309 e. The predicted octanol–water partition coefficient (Wildman–Crippen LogP) is 27.0. The number of benzene rings is 16. The van der Waals surface area contributed by atoms with Crippen molar-refractivity contribution in [2.75, 3.05) is 0 Å². The Morgan fingerprint density at radius 2 is 0.481 bits per heavy atom. The Morgan fingerprint density at radius 1 is 0.163 bits per heavy atom. The van der Waals surface area contributed by atoms with Gasteiger partial charge in [-0.05, 0) is 193 Å². The van der Waals surface area contributed by atoms with E-state index in [0.29, 0.717) is 0 Å². The molecule has 0 atom stereocenters. The first kappa shape index (κ1) is 64.1. The van der Waals surface area contributed by atoms with Crippen molar-refractivity contribution in [1.82, 2.24) is 18.3 Å². The highest BCUT2D eigenvalue weighted by Gasteiger charge is 2.20. The smallest absolute Gasteiger partial charge is 0.0619 e. The van der Waals surface area contributed by atoms with Crippen LogP contribution in [0.1, 0.15) is 22.3 Å². The Morgan fingerprint density at radius 3 is 1.00 bits per heavy atom. The van der Waals surface area contributed by atoms with Crippen LogP contribution in [0.4, 0.5) is 0 Å². The molecule has 4 aromatic heterocycles. The molecule has 0 spiro atoms. The first-order chi connectivity index (χ1) is 51.3. The third-order valence-electron chi connectivity index (χ3n) is 20.3. The first-order valence-corrected chi connectivity index (χ1v) is 35.9. The maximum atomic E-state index is 2.40. The van der Waals surface area contributed by atoms with Gasteiger partial charge < -0.3 is 18.3 Å². The fourth-order valence-corrected chi connectivity index (χ4v) is 15.5. The molecule has 0 unspecified atom stereocenters. The molecule has 104 heavy (non-hydrogen) atoms. The summed E-state index contributed by atoms with van der Waals surface area (Å²) in [7, 11) is 0. The first-order valence-electron chi connectivity index (χ1n) is 35.9. The molecule has 0 amide bonds. The van der Waals surface area contributed by atoms with Crippen LogP contribution in [-0.4, -0.2) is 18.3 Å². The zero-order valence-corrected chi connectivity index (χ0v) is 58.7. The van der Waals surface area contributed by atoms with Crippen molar-refractivity contribution in [2.24, 2.45) is 0 Å². The molecular weight excluding hydrogens is 1260 g/mol. The maximum absolute atomic E-state index is 2.40. The highest BCUT2D eigenvalue weighted by molar-refractivity contribution is 6.15. The van der Waals surface area contributed by atoms with Gasteiger partial charge in [0.1, 0.15) is 0 Å². The molecular formula is C100H76N4. The van der Waals surface area contributed by atoms with E-state index in [2.05, 4.69) is 434 Å². The minimum atomic E-state index is 1.19. The van der Waals surface area contributed by atoms with E-state index in [0.717, 1.165) is 0 Å². The lowest BCUT2D eigenvalue weighted by Crippen LogP contribution is -1.95. The predicted molar refractivity (Wildman–Crippen MR) is 444 cm³/mol. The summed E-state index contributed by atoms with van der Waals surface area (Å²) in [5.74, 6) is 0. The van der Waals surface area contributed by atoms with E-state index in [4.69, 9.17) is 0 Å². The summed E-state index contributed by atoms with van der Waals surface area (Å²) in [5, 5.41) is 10.4. The monoisotopic (exact) mass is 1330 g/mol. The number of hydrogen-bond acceptors (Lipinski definition) is 0. The second-order valence-electron chi connectivity index (χ2n) is 27.0. The van der Waals surface area contributed by atoms with Gasteiger partial charge in [0.25, 0.3) is 0 Å².